The van der Waals surface area contributed by atoms with Gasteiger partial charge in [0.15, 0.2) is 10.2 Å². The lowest BCUT2D eigenvalue weighted by atomic mass is 9.85. The maximum atomic E-state index is 12.4. The van der Waals surface area contributed by atoms with Gasteiger partial charge in [-0.3, -0.25) is 29.0 Å². The van der Waals surface area contributed by atoms with Crippen LogP contribution in [0.4, 0.5) is 0 Å². The summed E-state index contributed by atoms with van der Waals surface area (Å²) >= 11 is 10.9. The van der Waals surface area contributed by atoms with Gasteiger partial charge in [0, 0.05) is 51.9 Å². The van der Waals surface area contributed by atoms with Crippen LogP contribution in [0.15, 0.2) is 0 Å². The van der Waals surface area contributed by atoms with Crippen LogP contribution in [0.1, 0.15) is 99.3 Å². The first-order valence-corrected chi connectivity index (χ1v) is 15.2. The van der Waals surface area contributed by atoms with Crippen molar-refractivity contribution in [3.63, 3.8) is 0 Å². The lowest BCUT2D eigenvalue weighted by Gasteiger charge is -2.30. The van der Waals surface area contributed by atoms with E-state index in [1.807, 2.05) is 23.6 Å². The number of ketones is 2. The summed E-state index contributed by atoms with van der Waals surface area (Å²) in [6.45, 7) is 15.7. The number of rotatable bonds is 18. The van der Waals surface area contributed by atoms with Crippen molar-refractivity contribution in [1.29, 1.82) is 0 Å². The predicted molar refractivity (Wildman–Crippen MR) is 162 cm³/mol. The summed E-state index contributed by atoms with van der Waals surface area (Å²) < 4.78 is 0. The molecule has 0 saturated carbocycles. The fourth-order valence-electron chi connectivity index (χ4n) is 5.27. The molecule has 0 unspecified atom stereocenters. The van der Waals surface area contributed by atoms with Gasteiger partial charge < -0.3 is 9.80 Å². The second-order valence-electron chi connectivity index (χ2n) is 12.5. The summed E-state index contributed by atoms with van der Waals surface area (Å²) in [6.07, 6.45) is 5.64. The van der Waals surface area contributed by atoms with Gasteiger partial charge in [-0.25, -0.2) is 0 Å². The van der Waals surface area contributed by atoms with E-state index in [4.69, 9.17) is 24.4 Å². The van der Waals surface area contributed by atoms with Gasteiger partial charge in [0.25, 0.3) is 0 Å². The molecule has 220 valence electrons. The second-order valence-corrected chi connectivity index (χ2v) is 13.3. The molecule has 0 radical (unpaired) electrons. The molecule has 2 heterocycles. The normalized spacial score (nSPS) is 16.8. The molecule has 0 aliphatic carbocycles. The molecule has 8 nitrogen and oxygen atoms in total. The van der Waals surface area contributed by atoms with Crippen LogP contribution in [0, 0.1) is 10.8 Å². The highest BCUT2D eigenvalue weighted by molar-refractivity contribution is 7.80. The van der Waals surface area contributed by atoms with Crippen molar-refractivity contribution in [3.8, 4) is 0 Å². The molecule has 0 spiro atoms. The summed E-state index contributed by atoms with van der Waals surface area (Å²) in [4.78, 5) is 56.6. The van der Waals surface area contributed by atoms with Crippen molar-refractivity contribution >= 4 is 58.0 Å². The Morgan fingerprint density at radius 2 is 1.00 bits per heavy atom. The molecule has 0 bridgehead atoms. The number of hydrogen-bond acceptors (Lipinski definition) is 6. The molecule has 0 N–H and O–H groups in total. The van der Waals surface area contributed by atoms with Crippen molar-refractivity contribution in [2.24, 2.45) is 10.8 Å². The number of carbonyl (C=O) groups is 4. The zero-order chi connectivity index (χ0) is 29.4. The second kappa shape index (κ2) is 14.6. The Labute approximate surface area is 245 Å². The summed E-state index contributed by atoms with van der Waals surface area (Å²) in [6, 6.07) is 0. The summed E-state index contributed by atoms with van der Waals surface area (Å²) in [5, 5.41) is 1.21. The molecule has 2 rings (SSSR count). The molecular weight excluding hydrogens is 532 g/mol. The van der Waals surface area contributed by atoms with E-state index < -0.39 is 0 Å². The number of Topliss-reactive ketones (excluding diaryl/α,β-unsaturated/α-hetero) is 2. The molecule has 0 aromatic rings. The van der Waals surface area contributed by atoms with Crippen LogP contribution in [0.3, 0.4) is 0 Å². The molecule has 0 atom stereocenters. The van der Waals surface area contributed by atoms with Gasteiger partial charge in [-0.05, 0) is 81.2 Å². The molecule has 39 heavy (non-hydrogen) atoms. The third-order valence-corrected chi connectivity index (χ3v) is 8.68. The van der Waals surface area contributed by atoms with Crippen molar-refractivity contribution in [3.05, 3.63) is 0 Å². The minimum Gasteiger partial charge on any atom is -0.340 e. The molecule has 2 aliphatic rings. The van der Waals surface area contributed by atoms with Gasteiger partial charge in [-0.1, -0.05) is 27.7 Å². The van der Waals surface area contributed by atoms with Crippen molar-refractivity contribution in [2.75, 3.05) is 39.3 Å². The number of thiocarbonyl (C=S) groups is 2. The highest BCUT2D eigenvalue weighted by atomic mass is 32.1. The first kappa shape index (κ1) is 33.3. The average Bonchev–Trinajstić information content (AvgIpc) is 3.27. The van der Waals surface area contributed by atoms with Gasteiger partial charge in [0.05, 0.1) is 13.1 Å². The van der Waals surface area contributed by atoms with E-state index in [2.05, 4.69) is 27.7 Å². The molecular formula is C29H48N4O4S2. The Kier molecular flexibility index (Phi) is 12.5. The molecule has 2 fully saturated rings. The number of likely N-dealkylation sites (N-methyl/N-ethyl adjacent to an activating group) is 2. The SMILES string of the molecule is CCN1CC(=O)N(CC(C)(C)CCCC(=O)CCCC(=O)CCCC(C)(C)CN2C(=O)CN(CC)C2=S)C1=S. The quantitative estimate of drug-likeness (QED) is 0.218. The minimum absolute atomic E-state index is 0.0494. The van der Waals surface area contributed by atoms with E-state index in [1.54, 1.807) is 9.80 Å². The molecule has 10 heteroatoms. The monoisotopic (exact) mass is 580 g/mol. The Morgan fingerprint density at radius 3 is 1.31 bits per heavy atom. The average molecular weight is 581 g/mol. The zero-order valence-electron chi connectivity index (χ0n) is 24.8. The van der Waals surface area contributed by atoms with Gasteiger partial charge in [-0.15, -0.1) is 0 Å². The van der Waals surface area contributed by atoms with Crippen molar-refractivity contribution < 1.29 is 19.2 Å². The third-order valence-electron chi connectivity index (χ3n) is 7.72. The molecule has 2 amide bonds. The van der Waals surface area contributed by atoms with Crippen LogP contribution in [-0.4, -0.2) is 92.5 Å². The highest BCUT2D eigenvalue weighted by Gasteiger charge is 2.36. The van der Waals surface area contributed by atoms with E-state index in [0.29, 0.717) is 68.5 Å². The highest BCUT2D eigenvalue weighted by Crippen LogP contribution is 2.28. The molecule has 2 saturated heterocycles. The van der Waals surface area contributed by atoms with Crippen molar-refractivity contribution in [1.82, 2.24) is 19.6 Å². The fourth-order valence-corrected chi connectivity index (χ4v) is 5.99. The van der Waals surface area contributed by atoms with E-state index in [1.165, 1.54) is 0 Å². The van der Waals surface area contributed by atoms with Crippen LogP contribution in [0.2, 0.25) is 0 Å². The van der Waals surface area contributed by atoms with Crippen molar-refractivity contribution in [2.45, 2.75) is 99.3 Å². The largest absolute Gasteiger partial charge is 0.340 e. The number of carbonyl (C=O) groups excluding carboxylic acids is 4. The van der Waals surface area contributed by atoms with E-state index in [0.717, 1.165) is 38.8 Å². The Morgan fingerprint density at radius 1 is 0.667 bits per heavy atom. The maximum absolute atomic E-state index is 12.4. The number of amides is 2. The number of nitrogens with zero attached hydrogens (tertiary/aromatic N) is 4. The van der Waals surface area contributed by atoms with Gasteiger partial charge >= 0.3 is 0 Å². The van der Waals surface area contributed by atoms with Crippen LogP contribution < -0.4 is 0 Å². The molecule has 2 aliphatic heterocycles. The van der Waals surface area contributed by atoms with Gasteiger partial charge in [0.1, 0.15) is 11.6 Å². The molecule has 0 aromatic heterocycles. The van der Waals surface area contributed by atoms with Crippen LogP contribution in [-0.2, 0) is 19.2 Å². The zero-order valence-corrected chi connectivity index (χ0v) is 26.5. The minimum atomic E-state index is -0.129. The summed E-state index contributed by atoms with van der Waals surface area (Å²) in [5.41, 5.74) is -0.258. The summed E-state index contributed by atoms with van der Waals surface area (Å²) in [5.74, 6) is 0.482. The van der Waals surface area contributed by atoms with Crippen LogP contribution >= 0.6 is 24.4 Å². The lowest BCUT2D eigenvalue weighted by Crippen LogP contribution is -2.39. The molecule has 0 aromatic carbocycles. The van der Waals surface area contributed by atoms with E-state index in [9.17, 15) is 19.2 Å². The van der Waals surface area contributed by atoms with E-state index >= 15 is 0 Å². The van der Waals surface area contributed by atoms with Gasteiger partial charge in [-0.2, -0.15) is 0 Å². The third kappa shape index (κ3) is 10.2. The van der Waals surface area contributed by atoms with Crippen LogP contribution in [0.5, 0.6) is 0 Å². The van der Waals surface area contributed by atoms with Gasteiger partial charge in [0.2, 0.25) is 11.8 Å². The standard InChI is InChI=1S/C29H48N4O4S2/c1-7-30-18-24(36)32(26(30)38)20-28(3,4)16-10-14-22(34)12-9-13-23(35)15-11-17-29(5,6)21-33-25(37)19-31(8-2)27(33)39/h7-21H2,1-6H3. The summed E-state index contributed by atoms with van der Waals surface area (Å²) in [7, 11) is 0. The smallest absolute Gasteiger partial charge is 0.248 e. The van der Waals surface area contributed by atoms with E-state index in [-0.39, 0.29) is 34.2 Å². The predicted octanol–water partition coefficient (Wildman–Crippen LogP) is 4.59. The Bertz CT molecular complexity index is 876. The maximum Gasteiger partial charge on any atom is 0.248 e. The number of hydrogen-bond donors (Lipinski definition) is 0. The Balaban J connectivity index is 1.60. The first-order valence-electron chi connectivity index (χ1n) is 14.4. The Hall–Kier alpha value is -1.94. The first-order chi connectivity index (χ1) is 18.2. The van der Waals surface area contributed by atoms with Crippen LogP contribution in [0.25, 0.3) is 0 Å². The lowest BCUT2D eigenvalue weighted by molar-refractivity contribution is -0.126. The fraction of sp³-hybridized carbons (Fsp3) is 0.793. The topological polar surface area (TPSA) is 81.2 Å².